The first-order valence-corrected chi connectivity index (χ1v) is 3.76. The van der Waals surface area contributed by atoms with Gasteiger partial charge in [-0.2, -0.15) is 0 Å². The van der Waals surface area contributed by atoms with Crippen LogP contribution in [-0.4, -0.2) is 57.9 Å². The summed E-state index contributed by atoms with van der Waals surface area (Å²) < 4.78 is 0. The molecule has 4 N–H and O–H groups in total. The summed E-state index contributed by atoms with van der Waals surface area (Å²) in [6.07, 6.45) is 1.29. The number of aliphatic carboxylic acids is 1. The van der Waals surface area contributed by atoms with Gasteiger partial charge in [0.1, 0.15) is 6.04 Å². The zero-order valence-electron chi connectivity index (χ0n) is 6.66. The Morgan fingerprint density at radius 2 is 2.08 bits per heavy atom. The Morgan fingerprint density at radius 1 is 1.58 bits per heavy atom. The molecule has 68 valence electrons. The van der Waals surface area contributed by atoms with E-state index < -0.39 is 18.1 Å². The molecule has 0 bridgehead atoms. The Bertz CT molecular complexity index is 132. The average Bonchev–Trinajstić information content (AvgIpc) is 1.98. The predicted molar refractivity (Wildman–Crippen MR) is 48.3 cm³/mol. The average molecular weight is 185 g/mol. The van der Waals surface area contributed by atoms with Crippen molar-refractivity contribution in [2.24, 2.45) is 5.73 Å². The van der Waals surface area contributed by atoms with Crippen LogP contribution in [0.25, 0.3) is 0 Å². The second kappa shape index (κ2) is 8.01. The van der Waals surface area contributed by atoms with Crippen LogP contribution < -0.4 is 5.73 Å². The fourth-order valence-electron chi connectivity index (χ4n) is 0.757. The predicted octanol–water partition coefficient (Wildman–Crippen LogP) is -0.699. The van der Waals surface area contributed by atoms with Gasteiger partial charge in [-0.25, -0.2) is 0 Å². The molecule has 0 amide bonds. The summed E-state index contributed by atoms with van der Waals surface area (Å²) >= 11 is 0. The third-order valence-electron chi connectivity index (χ3n) is 1.55. The van der Waals surface area contributed by atoms with Crippen molar-refractivity contribution in [1.29, 1.82) is 0 Å². The van der Waals surface area contributed by atoms with Crippen molar-refractivity contribution in [2.75, 3.05) is 0 Å². The Kier molecular flexibility index (Phi) is 9.94. The molecule has 5 heteroatoms. The molecular formula is C7H16NNaO3. The number of unbranched alkanes of at least 4 members (excludes halogenated alkanes) is 1. The summed E-state index contributed by atoms with van der Waals surface area (Å²) in [6.45, 7) is 1.97. The van der Waals surface area contributed by atoms with E-state index in [1.54, 1.807) is 0 Å². The molecule has 0 aliphatic heterocycles. The van der Waals surface area contributed by atoms with Crippen LogP contribution in [0.2, 0.25) is 0 Å². The number of nitrogens with two attached hydrogens (primary N) is 1. The van der Waals surface area contributed by atoms with Crippen molar-refractivity contribution in [3.05, 3.63) is 0 Å². The molecule has 0 saturated carbocycles. The molecule has 0 radical (unpaired) electrons. The fourth-order valence-corrected chi connectivity index (χ4v) is 0.757. The summed E-state index contributed by atoms with van der Waals surface area (Å²) in [7, 11) is 0. The van der Waals surface area contributed by atoms with Crippen LogP contribution >= 0.6 is 0 Å². The summed E-state index contributed by atoms with van der Waals surface area (Å²) in [5, 5.41) is 17.5. The molecule has 0 aliphatic carbocycles. The first-order valence-electron chi connectivity index (χ1n) is 3.76. The Hall–Kier alpha value is 0.390. The van der Waals surface area contributed by atoms with Crippen LogP contribution in [0.1, 0.15) is 26.2 Å². The minimum atomic E-state index is -1.14. The number of hydrogen-bond donors (Lipinski definition) is 3. The zero-order chi connectivity index (χ0) is 8.85. The van der Waals surface area contributed by atoms with Crippen LogP contribution in [0.15, 0.2) is 0 Å². The van der Waals surface area contributed by atoms with Gasteiger partial charge in [-0.15, -0.1) is 0 Å². The zero-order valence-corrected chi connectivity index (χ0v) is 6.66. The molecule has 2 atom stereocenters. The first-order chi connectivity index (χ1) is 5.09. The first kappa shape index (κ1) is 14.9. The third-order valence-corrected chi connectivity index (χ3v) is 1.55. The van der Waals surface area contributed by atoms with E-state index in [-0.39, 0.29) is 29.6 Å². The van der Waals surface area contributed by atoms with E-state index in [1.165, 1.54) is 0 Å². The van der Waals surface area contributed by atoms with Crippen LogP contribution in [0.5, 0.6) is 0 Å². The summed E-state index contributed by atoms with van der Waals surface area (Å²) in [4.78, 5) is 10.2. The monoisotopic (exact) mass is 185 g/mol. The molecule has 0 unspecified atom stereocenters. The van der Waals surface area contributed by atoms with E-state index in [0.717, 1.165) is 12.8 Å². The van der Waals surface area contributed by atoms with E-state index in [1.807, 2.05) is 6.92 Å². The molecule has 4 nitrogen and oxygen atoms in total. The number of hydrogen-bond acceptors (Lipinski definition) is 3. The Morgan fingerprint density at radius 3 is 2.42 bits per heavy atom. The van der Waals surface area contributed by atoms with Crippen molar-refractivity contribution >= 4 is 35.5 Å². The SMILES string of the molecule is CCCC[C@@H](O)[C@H](N)C(=O)O.[NaH]. The van der Waals surface area contributed by atoms with Gasteiger partial charge in [0, 0.05) is 0 Å². The molecule has 0 aromatic rings. The van der Waals surface area contributed by atoms with E-state index >= 15 is 0 Å². The summed E-state index contributed by atoms with van der Waals surface area (Å²) in [5.41, 5.74) is 5.15. The van der Waals surface area contributed by atoms with Gasteiger partial charge in [-0.05, 0) is 6.42 Å². The van der Waals surface area contributed by atoms with E-state index in [4.69, 9.17) is 15.9 Å². The number of carboxylic acids is 1. The van der Waals surface area contributed by atoms with Crippen molar-refractivity contribution in [3.8, 4) is 0 Å². The number of rotatable bonds is 5. The second-order valence-corrected chi connectivity index (χ2v) is 2.57. The summed E-state index contributed by atoms with van der Waals surface area (Å²) in [6, 6.07) is -1.14. The molecule has 0 spiro atoms. The quantitative estimate of drug-likeness (QED) is 0.494. The van der Waals surface area contributed by atoms with Gasteiger partial charge >= 0.3 is 35.5 Å². The maximum atomic E-state index is 10.2. The number of aliphatic hydroxyl groups is 1. The molecule has 0 aliphatic rings. The maximum absolute atomic E-state index is 10.2. The van der Waals surface area contributed by atoms with Crippen LogP contribution in [0.4, 0.5) is 0 Å². The standard InChI is InChI=1S/C7H15NO3.Na.H/c1-2-3-4-5(9)6(8)7(10)11;;/h5-6,9H,2-4,8H2,1H3,(H,10,11);;/t5-,6+;;/m1../s1. The Balaban J connectivity index is 0. The molecular weight excluding hydrogens is 169 g/mol. The third kappa shape index (κ3) is 5.97. The van der Waals surface area contributed by atoms with Gasteiger partial charge in [0.25, 0.3) is 0 Å². The molecule has 0 fully saturated rings. The van der Waals surface area contributed by atoms with Crippen LogP contribution in [0, 0.1) is 0 Å². The van der Waals surface area contributed by atoms with Gasteiger partial charge in [-0.1, -0.05) is 19.8 Å². The summed E-state index contributed by atoms with van der Waals surface area (Å²) in [5.74, 6) is -1.14. The van der Waals surface area contributed by atoms with Gasteiger partial charge in [-0.3, -0.25) is 4.79 Å². The van der Waals surface area contributed by atoms with Gasteiger partial charge in [0.05, 0.1) is 6.10 Å². The van der Waals surface area contributed by atoms with Gasteiger partial charge in [0.15, 0.2) is 0 Å². The number of carbonyl (C=O) groups is 1. The second-order valence-electron chi connectivity index (χ2n) is 2.57. The molecule has 0 rings (SSSR count). The van der Waals surface area contributed by atoms with E-state index in [0.29, 0.717) is 6.42 Å². The van der Waals surface area contributed by atoms with Crippen molar-refractivity contribution in [1.82, 2.24) is 0 Å². The van der Waals surface area contributed by atoms with E-state index in [2.05, 4.69) is 0 Å². The minimum absolute atomic E-state index is 0. The topological polar surface area (TPSA) is 83.5 Å². The van der Waals surface area contributed by atoms with Crippen molar-refractivity contribution in [2.45, 2.75) is 38.3 Å². The molecule has 0 heterocycles. The molecule has 0 aromatic heterocycles. The number of carboxylic acid groups (broad SMARTS) is 1. The van der Waals surface area contributed by atoms with Crippen molar-refractivity contribution < 1.29 is 15.0 Å². The Labute approximate surface area is 94.4 Å². The van der Waals surface area contributed by atoms with Gasteiger partial charge < -0.3 is 15.9 Å². The fraction of sp³-hybridized carbons (Fsp3) is 0.857. The van der Waals surface area contributed by atoms with Crippen LogP contribution in [0.3, 0.4) is 0 Å². The van der Waals surface area contributed by atoms with Crippen molar-refractivity contribution in [3.63, 3.8) is 0 Å². The molecule has 12 heavy (non-hydrogen) atoms. The normalized spacial score (nSPS) is 14.6. The number of aliphatic hydroxyl groups excluding tert-OH is 1. The van der Waals surface area contributed by atoms with Crippen LogP contribution in [-0.2, 0) is 4.79 Å². The molecule has 0 aromatic carbocycles. The molecule has 0 saturated heterocycles. The van der Waals surface area contributed by atoms with Gasteiger partial charge in [0.2, 0.25) is 0 Å². The van der Waals surface area contributed by atoms with E-state index in [9.17, 15) is 4.79 Å².